The Labute approximate surface area is 62.5 Å². The summed E-state index contributed by atoms with van der Waals surface area (Å²) in [6.45, 7) is 0. The van der Waals surface area contributed by atoms with Crippen LogP contribution in [0.25, 0.3) is 0 Å². The van der Waals surface area contributed by atoms with Crippen molar-refractivity contribution in [3.8, 4) is 0 Å². The summed E-state index contributed by atoms with van der Waals surface area (Å²) in [5.41, 5.74) is 6.16. The molecule has 0 bridgehead atoms. The molecule has 0 radical (unpaired) electrons. The van der Waals surface area contributed by atoms with E-state index in [1.165, 1.54) is 23.8 Å². The van der Waals surface area contributed by atoms with Crippen LogP contribution in [-0.2, 0) is 0 Å². The van der Waals surface area contributed by atoms with Gasteiger partial charge in [0.1, 0.15) is 0 Å². The highest BCUT2D eigenvalue weighted by Gasteiger charge is 2.00. The zero-order chi connectivity index (χ0) is 7.56. The van der Waals surface area contributed by atoms with Crippen LogP contribution in [0.4, 0.5) is 5.00 Å². The van der Waals surface area contributed by atoms with Crippen LogP contribution < -0.4 is 5.73 Å². The normalized spacial score (nSPS) is 9.20. The Kier molecular flexibility index (Phi) is 1.82. The van der Waals surface area contributed by atoms with Gasteiger partial charge >= 0.3 is 0 Å². The fourth-order valence-corrected chi connectivity index (χ4v) is 1.40. The lowest BCUT2D eigenvalue weighted by Crippen LogP contribution is -1.80. The summed E-state index contributed by atoms with van der Waals surface area (Å²) in [6, 6.07) is 1.69. The molecule has 0 aliphatic carbocycles. The molecule has 1 heterocycles. The number of rotatable bonds is 2. The van der Waals surface area contributed by atoms with E-state index in [0.717, 1.165) is 10.4 Å². The molecule has 1 rings (SSSR count). The minimum Gasteiger partial charge on any atom is -0.391 e. The summed E-state index contributed by atoms with van der Waals surface area (Å²) in [6.07, 6.45) is 2.41. The van der Waals surface area contributed by atoms with Gasteiger partial charge in [0.05, 0.1) is 9.88 Å². The topological polar surface area (TPSA) is 73.7 Å². The van der Waals surface area contributed by atoms with Gasteiger partial charge in [0.2, 0.25) is 0 Å². The maximum Gasteiger partial charge on any atom is 0.0869 e. The van der Waals surface area contributed by atoms with Crippen LogP contribution >= 0.6 is 11.3 Å². The monoisotopic (exact) mass is 153 g/mol. The Morgan fingerprint density at radius 1 is 1.40 bits per heavy atom. The van der Waals surface area contributed by atoms with E-state index >= 15 is 0 Å². The minimum atomic E-state index is 0.650. The Morgan fingerprint density at radius 3 is 2.50 bits per heavy atom. The van der Waals surface area contributed by atoms with E-state index in [9.17, 15) is 0 Å². The second-order valence-electron chi connectivity index (χ2n) is 1.76. The van der Waals surface area contributed by atoms with E-state index in [0.29, 0.717) is 5.00 Å². The Hall–Kier alpha value is -1.16. The first kappa shape index (κ1) is 6.95. The molecular weight excluding hydrogens is 146 g/mol. The molecule has 0 amide bonds. The lowest BCUT2D eigenvalue weighted by Gasteiger charge is -1.82. The van der Waals surface area contributed by atoms with Gasteiger partial charge in [-0.2, -0.15) is 0 Å². The van der Waals surface area contributed by atoms with E-state index in [2.05, 4.69) is 0 Å². The van der Waals surface area contributed by atoms with Crippen molar-refractivity contribution in [2.24, 2.45) is 0 Å². The summed E-state index contributed by atoms with van der Waals surface area (Å²) in [4.78, 5) is 0.743. The van der Waals surface area contributed by atoms with Crippen LogP contribution in [0, 0.1) is 10.8 Å². The van der Waals surface area contributed by atoms with Crippen LogP contribution in [0.1, 0.15) is 10.4 Å². The molecule has 0 unspecified atom stereocenters. The predicted molar refractivity (Wildman–Crippen MR) is 44.5 cm³/mol. The first-order valence-corrected chi connectivity index (χ1v) is 3.50. The second kappa shape index (κ2) is 2.62. The Morgan fingerprint density at radius 2 is 2.10 bits per heavy atom. The van der Waals surface area contributed by atoms with Crippen LogP contribution in [0.5, 0.6) is 0 Å². The fourth-order valence-electron chi connectivity index (χ4n) is 0.665. The largest absolute Gasteiger partial charge is 0.391 e. The van der Waals surface area contributed by atoms with Gasteiger partial charge in [-0.05, 0) is 6.07 Å². The summed E-state index contributed by atoms with van der Waals surface area (Å²) in [5, 5.41) is 14.5. The molecule has 0 spiro atoms. The molecule has 52 valence electrons. The quantitative estimate of drug-likeness (QED) is 0.551. The van der Waals surface area contributed by atoms with Gasteiger partial charge in [0.15, 0.2) is 0 Å². The number of nitrogens with one attached hydrogen (secondary N) is 2. The third-order valence-corrected chi connectivity index (χ3v) is 2.02. The molecule has 10 heavy (non-hydrogen) atoms. The maximum absolute atomic E-state index is 6.93. The molecule has 0 aliphatic rings. The van der Waals surface area contributed by atoms with Crippen molar-refractivity contribution < 1.29 is 0 Å². The van der Waals surface area contributed by atoms with Gasteiger partial charge in [-0.25, -0.2) is 0 Å². The summed E-state index contributed by atoms with van der Waals surface area (Å²) in [7, 11) is 0. The lowest BCUT2D eigenvalue weighted by molar-refractivity contribution is 1.54. The summed E-state index contributed by atoms with van der Waals surface area (Å²) < 4.78 is 0. The average molecular weight is 153 g/mol. The standard InChI is InChI=1S/C6H7N3S/c7-2-4-1-6(9)10-5(4)3-8/h1-3,7-8H,9H2. The van der Waals surface area contributed by atoms with Gasteiger partial charge in [0.25, 0.3) is 0 Å². The Bertz CT molecular complexity index is 238. The molecule has 4 N–H and O–H groups in total. The van der Waals surface area contributed by atoms with Gasteiger partial charge in [-0.1, -0.05) is 0 Å². The summed E-state index contributed by atoms with van der Waals surface area (Å²) in [5.74, 6) is 0. The molecule has 0 aliphatic heterocycles. The fraction of sp³-hybridized carbons (Fsp3) is 0. The Balaban J connectivity index is 3.20. The van der Waals surface area contributed by atoms with E-state index in [1.807, 2.05) is 0 Å². The maximum atomic E-state index is 6.93. The van der Waals surface area contributed by atoms with Crippen molar-refractivity contribution >= 4 is 28.8 Å². The molecule has 3 nitrogen and oxygen atoms in total. The highest BCUT2D eigenvalue weighted by molar-refractivity contribution is 7.17. The SMILES string of the molecule is N=Cc1cc(N)sc1C=N. The molecule has 1 aromatic heterocycles. The third kappa shape index (κ3) is 1.06. The first-order valence-electron chi connectivity index (χ1n) is 2.68. The number of nitrogens with two attached hydrogens (primary N) is 1. The number of hydrogen-bond acceptors (Lipinski definition) is 4. The molecule has 0 saturated carbocycles. The van der Waals surface area contributed by atoms with E-state index in [4.69, 9.17) is 16.6 Å². The molecule has 0 atom stereocenters. The predicted octanol–water partition coefficient (Wildman–Crippen LogP) is 1.33. The van der Waals surface area contributed by atoms with Crippen LogP contribution in [-0.4, -0.2) is 12.4 Å². The van der Waals surface area contributed by atoms with Crippen molar-refractivity contribution in [3.63, 3.8) is 0 Å². The molecule has 0 aromatic carbocycles. The molecular formula is C6H7N3S. The average Bonchev–Trinajstić information content (AvgIpc) is 2.30. The van der Waals surface area contributed by atoms with E-state index in [-0.39, 0.29) is 0 Å². The van der Waals surface area contributed by atoms with Crippen LogP contribution in [0.3, 0.4) is 0 Å². The van der Waals surface area contributed by atoms with Crippen LogP contribution in [0.15, 0.2) is 6.07 Å². The van der Waals surface area contributed by atoms with Crippen LogP contribution in [0.2, 0.25) is 0 Å². The minimum absolute atomic E-state index is 0.650. The van der Waals surface area contributed by atoms with Gasteiger partial charge in [-0.3, -0.25) is 0 Å². The second-order valence-corrected chi connectivity index (χ2v) is 2.87. The molecule has 4 heteroatoms. The zero-order valence-electron chi connectivity index (χ0n) is 5.22. The third-order valence-electron chi connectivity index (χ3n) is 1.10. The van der Waals surface area contributed by atoms with Crippen molar-refractivity contribution in [2.75, 3.05) is 5.73 Å². The smallest absolute Gasteiger partial charge is 0.0869 e. The lowest BCUT2D eigenvalue weighted by atomic mass is 10.3. The van der Waals surface area contributed by atoms with Crippen molar-refractivity contribution in [1.29, 1.82) is 10.8 Å². The van der Waals surface area contributed by atoms with Gasteiger partial charge in [0, 0.05) is 18.0 Å². The molecule has 0 saturated heterocycles. The highest BCUT2D eigenvalue weighted by Crippen LogP contribution is 2.20. The first-order chi connectivity index (χ1) is 4.77. The number of nitrogen functional groups attached to an aromatic ring is 1. The highest BCUT2D eigenvalue weighted by atomic mass is 32.1. The van der Waals surface area contributed by atoms with Gasteiger partial charge < -0.3 is 16.6 Å². The zero-order valence-corrected chi connectivity index (χ0v) is 6.03. The number of thiophene rings is 1. The molecule has 0 fully saturated rings. The van der Waals surface area contributed by atoms with E-state index in [1.54, 1.807) is 6.07 Å². The van der Waals surface area contributed by atoms with Gasteiger partial charge in [-0.15, -0.1) is 11.3 Å². The van der Waals surface area contributed by atoms with E-state index < -0.39 is 0 Å². The van der Waals surface area contributed by atoms with Crippen molar-refractivity contribution in [3.05, 3.63) is 16.5 Å². The molecule has 1 aromatic rings. The number of anilines is 1. The summed E-state index contributed by atoms with van der Waals surface area (Å²) >= 11 is 1.32. The van der Waals surface area contributed by atoms with Crippen molar-refractivity contribution in [2.45, 2.75) is 0 Å². The van der Waals surface area contributed by atoms with Crippen molar-refractivity contribution in [1.82, 2.24) is 0 Å². The number of hydrogen-bond donors (Lipinski definition) is 3.